The normalized spacial score (nSPS) is 9.55. The molecule has 11 heavy (non-hydrogen) atoms. The molecule has 0 atom stereocenters. The van der Waals surface area contributed by atoms with Gasteiger partial charge in [0.2, 0.25) is 0 Å². The molecule has 0 bridgehead atoms. The first-order valence-corrected chi connectivity index (χ1v) is 3.85. The molecule has 0 aliphatic carbocycles. The van der Waals surface area contributed by atoms with Gasteiger partial charge in [0, 0.05) is 0 Å². The van der Waals surface area contributed by atoms with Gasteiger partial charge >= 0.3 is 0 Å². The molecule has 1 aromatic carbocycles. The van der Waals surface area contributed by atoms with Gasteiger partial charge in [-0.15, -0.1) is 6.58 Å². The number of benzene rings is 1. The van der Waals surface area contributed by atoms with E-state index in [2.05, 4.69) is 19.6 Å². The van der Waals surface area contributed by atoms with Crippen LogP contribution in [0, 0.1) is 6.92 Å². The number of hydrogen-bond acceptors (Lipinski definition) is 0. The Kier molecular flexibility index (Phi) is 2.91. The highest BCUT2D eigenvalue weighted by atomic mass is 14.0. The van der Waals surface area contributed by atoms with Gasteiger partial charge in [-0.1, -0.05) is 30.3 Å². The van der Waals surface area contributed by atoms with Crippen molar-refractivity contribution in [3.05, 3.63) is 55.0 Å². The van der Waals surface area contributed by atoms with E-state index in [0.29, 0.717) is 0 Å². The Bertz CT molecular complexity index is 236. The van der Waals surface area contributed by atoms with Gasteiger partial charge < -0.3 is 0 Å². The Balaban J connectivity index is 2.69. The molecule has 0 heteroatoms. The summed E-state index contributed by atoms with van der Waals surface area (Å²) in [7, 11) is 0. The van der Waals surface area contributed by atoms with Crippen molar-refractivity contribution in [1.29, 1.82) is 0 Å². The Morgan fingerprint density at radius 1 is 1.27 bits per heavy atom. The molecule has 0 heterocycles. The molecule has 0 saturated carbocycles. The molecule has 0 fully saturated rings. The lowest BCUT2D eigenvalue weighted by Crippen LogP contribution is -1.86. The van der Waals surface area contributed by atoms with E-state index in [1.807, 2.05) is 24.3 Å². The van der Waals surface area contributed by atoms with Crippen LogP contribution in [0.5, 0.6) is 0 Å². The Morgan fingerprint density at radius 3 is 2.64 bits per heavy atom. The van der Waals surface area contributed by atoms with Crippen LogP contribution >= 0.6 is 0 Å². The van der Waals surface area contributed by atoms with Crippen molar-refractivity contribution in [1.82, 2.24) is 0 Å². The minimum absolute atomic E-state index is 1.03. The van der Waals surface area contributed by atoms with Gasteiger partial charge in [-0.05, 0) is 30.9 Å². The van der Waals surface area contributed by atoms with Crippen LogP contribution in [0.3, 0.4) is 0 Å². The van der Waals surface area contributed by atoms with Crippen LogP contribution in [-0.4, -0.2) is 0 Å². The lowest BCUT2D eigenvalue weighted by molar-refractivity contribution is 0.997. The van der Waals surface area contributed by atoms with Gasteiger partial charge in [0.05, 0.1) is 0 Å². The van der Waals surface area contributed by atoms with Crippen LogP contribution in [0.15, 0.2) is 36.9 Å². The second-order valence-corrected chi connectivity index (χ2v) is 2.60. The third-order valence-electron chi connectivity index (χ3n) is 1.74. The molecule has 0 spiro atoms. The summed E-state index contributed by atoms with van der Waals surface area (Å²) < 4.78 is 0. The van der Waals surface area contributed by atoms with Crippen molar-refractivity contribution >= 4 is 0 Å². The first kappa shape index (κ1) is 8.06. The number of hydrogen-bond donors (Lipinski definition) is 0. The maximum Gasteiger partial charge on any atom is -0.0235 e. The average Bonchev–Trinajstić information content (AvgIpc) is 2.03. The molecule has 0 aromatic heterocycles. The maximum atomic E-state index is 3.94. The zero-order valence-corrected chi connectivity index (χ0v) is 6.72. The van der Waals surface area contributed by atoms with Crippen molar-refractivity contribution in [2.45, 2.75) is 12.8 Å². The summed E-state index contributed by atoms with van der Waals surface area (Å²) in [4.78, 5) is 0. The van der Waals surface area contributed by atoms with Crippen LogP contribution < -0.4 is 0 Å². The highest BCUT2D eigenvalue weighted by molar-refractivity contribution is 5.29. The van der Waals surface area contributed by atoms with Gasteiger partial charge in [-0.2, -0.15) is 0 Å². The molecule has 0 aliphatic rings. The summed E-state index contributed by atoms with van der Waals surface area (Å²) in [5.41, 5.74) is 2.46. The van der Waals surface area contributed by atoms with Gasteiger partial charge in [0.15, 0.2) is 0 Å². The maximum absolute atomic E-state index is 3.94. The molecular formula is C11H13. The molecule has 1 radical (unpaired) electrons. The van der Waals surface area contributed by atoms with E-state index >= 15 is 0 Å². The van der Waals surface area contributed by atoms with Gasteiger partial charge in [-0.25, -0.2) is 0 Å². The zero-order chi connectivity index (χ0) is 8.10. The quantitative estimate of drug-likeness (QED) is 0.573. The van der Waals surface area contributed by atoms with Crippen LogP contribution in [0.2, 0.25) is 0 Å². The van der Waals surface area contributed by atoms with Crippen molar-refractivity contribution in [2.75, 3.05) is 0 Å². The van der Waals surface area contributed by atoms with Crippen LogP contribution in [0.1, 0.15) is 17.5 Å². The summed E-state index contributed by atoms with van der Waals surface area (Å²) >= 11 is 0. The predicted molar refractivity (Wildman–Crippen MR) is 49.4 cm³/mol. The first-order chi connectivity index (χ1) is 5.34. The SMILES string of the molecule is [CH2]c1ccccc1CCC=C. The van der Waals surface area contributed by atoms with E-state index in [-0.39, 0.29) is 0 Å². The van der Waals surface area contributed by atoms with Gasteiger partial charge in [-0.3, -0.25) is 0 Å². The van der Waals surface area contributed by atoms with E-state index in [4.69, 9.17) is 0 Å². The molecule has 57 valence electrons. The van der Waals surface area contributed by atoms with Crippen LogP contribution in [0.4, 0.5) is 0 Å². The molecule has 0 amide bonds. The zero-order valence-electron chi connectivity index (χ0n) is 6.72. The minimum atomic E-state index is 1.03. The van der Waals surface area contributed by atoms with Crippen LogP contribution in [0.25, 0.3) is 0 Å². The Labute approximate surface area is 68.6 Å². The van der Waals surface area contributed by atoms with E-state index in [1.54, 1.807) is 0 Å². The summed E-state index contributed by atoms with van der Waals surface area (Å²) in [6, 6.07) is 8.22. The standard InChI is InChI=1S/C11H13/c1-3-4-8-11-9-6-5-7-10(11)2/h3,5-7,9H,1-2,4,8H2. The van der Waals surface area contributed by atoms with Gasteiger partial charge in [0.25, 0.3) is 0 Å². The summed E-state index contributed by atoms with van der Waals surface area (Å²) in [6.45, 7) is 7.62. The third-order valence-corrected chi connectivity index (χ3v) is 1.74. The number of allylic oxidation sites excluding steroid dienone is 1. The third kappa shape index (κ3) is 2.23. The fourth-order valence-electron chi connectivity index (χ4n) is 1.06. The Morgan fingerprint density at radius 2 is 2.00 bits per heavy atom. The van der Waals surface area contributed by atoms with E-state index in [9.17, 15) is 0 Å². The van der Waals surface area contributed by atoms with E-state index < -0.39 is 0 Å². The lowest BCUT2D eigenvalue weighted by atomic mass is 10.0. The smallest absolute Gasteiger partial charge is 0.0235 e. The second-order valence-electron chi connectivity index (χ2n) is 2.60. The fraction of sp³-hybridized carbons (Fsp3) is 0.182. The molecule has 1 aromatic rings. The lowest BCUT2D eigenvalue weighted by Gasteiger charge is -2.01. The topological polar surface area (TPSA) is 0 Å². The molecule has 1 rings (SSSR count). The molecule has 0 N–H and O–H groups in total. The molecule has 0 saturated heterocycles. The van der Waals surface area contributed by atoms with Crippen LogP contribution in [-0.2, 0) is 6.42 Å². The molecular weight excluding hydrogens is 132 g/mol. The Hall–Kier alpha value is -1.04. The average molecular weight is 145 g/mol. The number of aryl methyl sites for hydroxylation is 1. The highest BCUT2D eigenvalue weighted by Crippen LogP contribution is 2.08. The highest BCUT2D eigenvalue weighted by Gasteiger charge is 1.93. The number of rotatable bonds is 3. The van der Waals surface area contributed by atoms with Crippen molar-refractivity contribution in [3.63, 3.8) is 0 Å². The molecule has 0 unspecified atom stereocenters. The van der Waals surface area contributed by atoms with Crippen molar-refractivity contribution in [3.8, 4) is 0 Å². The van der Waals surface area contributed by atoms with E-state index in [1.165, 1.54) is 5.56 Å². The first-order valence-electron chi connectivity index (χ1n) is 3.85. The summed E-state index contributed by atoms with van der Waals surface area (Å²) in [5, 5.41) is 0. The summed E-state index contributed by atoms with van der Waals surface area (Å²) in [5.74, 6) is 0. The largest absolute Gasteiger partial charge is 0.103 e. The van der Waals surface area contributed by atoms with Crippen molar-refractivity contribution < 1.29 is 0 Å². The summed E-state index contributed by atoms with van der Waals surface area (Å²) in [6.07, 6.45) is 4.03. The van der Waals surface area contributed by atoms with Crippen molar-refractivity contribution in [2.24, 2.45) is 0 Å². The molecule has 0 nitrogen and oxygen atoms in total. The monoisotopic (exact) mass is 145 g/mol. The minimum Gasteiger partial charge on any atom is -0.103 e. The fourth-order valence-corrected chi connectivity index (χ4v) is 1.06. The van der Waals surface area contributed by atoms with Gasteiger partial charge in [0.1, 0.15) is 0 Å². The predicted octanol–water partition coefficient (Wildman–Crippen LogP) is 2.99. The second kappa shape index (κ2) is 3.97. The molecule has 0 aliphatic heterocycles. The van der Waals surface area contributed by atoms with E-state index in [0.717, 1.165) is 18.4 Å².